The summed E-state index contributed by atoms with van der Waals surface area (Å²) in [5, 5.41) is 7.71. The van der Waals surface area contributed by atoms with E-state index in [2.05, 4.69) is 73.7 Å². The zero-order chi connectivity index (χ0) is 17.1. The smallest absolute Gasteiger partial charge is 0.127 e. The van der Waals surface area contributed by atoms with Gasteiger partial charge in [0.1, 0.15) is 5.75 Å². The predicted molar refractivity (Wildman–Crippen MR) is 109 cm³/mol. The van der Waals surface area contributed by atoms with E-state index in [0.29, 0.717) is 0 Å². The molecule has 0 saturated heterocycles. The van der Waals surface area contributed by atoms with E-state index in [9.17, 15) is 0 Å². The van der Waals surface area contributed by atoms with Gasteiger partial charge in [-0.2, -0.15) is 0 Å². The first kappa shape index (κ1) is 16.0. The van der Waals surface area contributed by atoms with Gasteiger partial charge in [0.2, 0.25) is 0 Å². The molecule has 0 fully saturated rings. The van der Waals surface area contributed by atoms with Gasteiger partial charge in [-0.15, -0.1) is 0 Å². The summed E-state index contributed by atoms with van der Waals surface area (Å²) >= 11 is 0. The lowest BCUT2D eigenvalue weighted by molar-refractivity contribution is 0.308. The summed E-state index contributed by atoms with van der Waals surface area (Å²) in [5.41, 5.74) is 0. The predicted octanol–water partition coefficient (Wildman–Crippen LogP) is 7.11. The molecule has 4 rings (SSSR count). The first-order valence-corrected chi connectivity index (χ1v) is 9.35. The second kappa shape index (κ2) is 7.14. The summed E-state index contributed by atoms with van der Waals surface area (Å²) in [4.78, 5) is 0. The fourth-order valence-electron chi connectivity index (χ4n) is 3.75. The highest BCUT2D eigenvalue weighted by molar-refractivity contribution is 6.26. The van der Waals surface area contributed by atoms with E-state index in [-0.39, 0.29) is 0 Å². The van der Waals surface area contributed by atoms with Gasteiger partial charge in [-0.3, -0.25) is 0 Å². The molecule has 0 radical (unpaired) electrons. The average molecular weight is 328 g/mol. The van der Waals surface area contributed by atoms with Gasteiger partial charge in [0.25, 0.3) is 0 Å². The van der Waals surface area contributed by atoms with Crippen molar-refractivity contribution >= 4 is 32.3 Å². The fourth-order valence-corrected chi connectivity index (χ4v) is 3.75. The van der Waals surface area contributed by atoms with E-state index in [1.807, 2.05) is 0 Å². The first-order chi connectivity index (χ1) is 12.4. The van der Waals surface area contributed by atoms with Crippen LogP contribution in [0, 0.1) is 0 Å². The Labute approximate surface area is 149 Å². The third kappa shape index (κ3) is 2.95. The summed E-state index contributed by atoms with van der Waals surface area (Å²) in [6, 6.07) is 23.8. The molecule has 4 aromatic carbocycles. The standard InChI is InChI=1S/C24H24O/c1-2-3-4-9-17-25-23-16-10-15-22-20-12-6-5-11-18(20)19-13-7-8-14-21(19)24(22)23/h5-8,10-16H,2-4,9,17H2,1H3. The van der Waals surface area contributed by atoms with Gasteiger partial charge in [-0.05, 0) is 39.4 Å². The van der Waals surface area contributed by atoms with Crippen LogP contribution in [-0.4, -0.2) is 6.61 Å². The van der Waals surface area contributed by atoms with Crippen LogP contribution < -0.4 is 4.74 Å². The van der Waals surface area contributed by atoms with Gasteiger partial charge >= 0.3 is 0 Å². The summed E-state index contributed by atoms with van der Waals surface area (Å²) < 4.78 is 6.22. The first-order valence-electron chi connectivity index (χ1n) is 9.35. The molecule has 0 aliphatic heterocycles. The van der Waals surface area contributed by atoms with Crippen molar-refractivity contribution in [2.45, 2.75) is 32.6 Å². The second-order valence-corrected chi connectivity index (χ2v) is 6.68. The van der Waals surface area contributed by atoms with Crippen molar-refractivity contribution in [1.29, 1.82) is 0 Å². The largest absolute Gasteiger partial charge is 0.493 e. The average Bonchev–Trinajstić information content (AvgIpc) is 2.68. The lowest BCUT2D eigenvalue weighted by atomic mass is 9.94. The molecule has 0 N–H and O–H groups in total. The van der Waals surface area contributed by atoms with Gasteiger partial charge < -0.3 is 4.74 Å². The maximum absolute atomic E-state index is 6.22. The number of hydrogen-bond donors (Lipinski definition) is 0. The monoisotopic (exact) mass is 328 g/mol. The molecule has 0 aliphatic carbocycles. The number of unbranched alkanes of at least 4 members (excludes halogenated alkanes) is 3. The number of rotatable bonds is 6. The molecular formula is C24H24O. The molecule has 0 spiro atoms. The fraction of sp³-hybridized carbons (Fsp3) is 0.250. The van der Waals surface area contributed by atoms with Gasteiger partial charge in [0.05, 0.1) is 6.61 Å². The van der Waals surface area contributed by atoms with E-state index < -0.39 is 0 Å². The van der Waals surface area contributed by atoms with Crippen LogP contribution >= 0.6 is 0 Å². The topological polar surface area (TPSA) is 9.23 Å². The van der Waals surface area contributed by atoms with Crippen molar-refractivity contribution in [3.8, 4) is 5.75 Å². The summed E-state index contributed by atoms with van der Waals surface area (Å²) in [6.45, 7) is 3.03. The number of fused-ring (bicyclic) bond motifs is 6. The Morgan fingerprint density at radius 3 is 1.80 bits per heavy atom. The minimum Gasteiger partial charge on any atom is -0.493 e. The third-order valence-electron chi connectivity index (χ3n) is 4.99. The molecule has 0 bridgehead atoms. The molecule has 1 nitrogen and oxygen atoms in total. The van der Waals surface area contributed by atoms with Crippen LogP contribution in [0.25, 0.3) is 32.3 Å². The Hall–Kier alpha value is -2.54. The minimum absolute atomic E-state index is 0.792. The van der Waals surface area contributed by atoms with Crippen molar-refractivity contribution < 1.29 is 4.74 Å². The number of ether oxygens (including phenoxy) is 1. The summed E-state index contributed by atoms with van der Waals surface area (Å²) in [6.07, 6.45) is 4.90. The molecule has 0 saturated carbocycles. The van der Waals surface area contributed by atoms with Crippen molar-refractivity contribution in [1.82, 2.24) is 0 Å². The molecule has 4 aromatic rings. The van der Waals surface area contributed by atoms with Crippen LogP contribution in [-0.2, 0) is 0 Å². The number of benzene rings is 4. The highest BCUT2D eigenvalue weighted by atomic mass is 16.5. The Balaban J connectivity index is 1.88. The maximum atomic E-state index is 6.22. The van der Waals surface area contributed by atoms with E-state index in [4.69, 9.17) is 4.74 Å². The molecule has 126 valence electrons. The quantitative estimate of drug-likeness (QED) is 0.271. The molecule has 0 atom stereocenters. The maximum Gasteiger partial charge on any atom is 0.127 e. The molecule has 0 unspecified atom stereocenters. The Morgan fingerprint density at radius 1 is 0.600 bits per heavy atom. The molecule has 0 aromatic heterocycles. The van der Waals surface area contributed by atoms with Crippen LogP contribution in [0.2, 0.25) is 0 Å². The van der Waals surface area contributed by atoms with Crippen molar-refractivity contribution in [3.63, 3.8) is 0 Å². The lowest BCUT2D eigenvalue weighted by Crippen LogP contribution is -1.98. The Morgan fingerprint density at radius 2 is 1.16 bits per heavy atom. The van der Waals surface area contributed by atoms with Crippen LogP contribution in [0.4, 0.5) is 0 Å². The molecule has 1 heteroatoms. The van der Waals surface area contributed by atoms with E-state index in [1.165, 1.54) is 51.6 Å². The minimum atomic E-state index is 0.792. The molecule has 0 amide bonds. The normalized spacial score (nSPS) is 11.4. The highest BCUT2D eigenvalue weighted by Crippen LogP contribution is 2.39. The van der Waals surface area contributed by atoms with Crippen LogP contribution in [0.1, 0.15) is 32.6 Å². The lowest BCUT2D eigenvalue weighted by Gasteiger charge is -2.14. The van der Waals surface area contributed by atoms with Crippen molar-refractivity contribution in [2.24, 2.45) is 0 Å². The van der Waals surface area contributed by atoms with Gasteiger partial charge in [-0.25, -0.2) is 0 Å². The molecule has 0 heterocycles. The zero-order valence-corrected chi connectivity index (χ0v) is 14.8. The van der Waals surface area contributed by atoms with Crippen molar-refractivity contribution in [2.75, 3.05) is 6.61 Å². The summed E-state index contributed by atoms with van der Waals surface area (Å²) in [5.74, 6) is 1.01. The molecular weight excluding hydrogens is 304 g/mol. The van der Waals surface area contributed by atoms with E-state index in [1.54, 1.807) is 0 Å². The van der Waals surface area contributed by atoms with E-state index >= 15 is 0 Å². The number of hydrogen-bond acceptors (Lipinski definition) is 1. The van der Waals surface area contributed by atoms with Crippen LogP contribution in [0.15, 0.2) is 66.7 Å². The summed E-state index contributed by atoms with van der Waals surface area (Å²) in [7, 11) is 0. The highest BCUT2D eigenvalue weighted by Gasteiger charge is 2.11. The van der Waals surface area contributed by atoms with Gasteiger partial charge in [0, 0.05) is 5.39 Å². The van der Waals surface area contributed by atoms with Gasteiger partial charge in [0.15, 0.2) is 0 Å². The van der Waals surface area contributed by atoms with Crippen molar-refractivity contribution in [3.05, 3.63) is 66.7 Å². The van der Waals surface area contributed by atoms with E-state index in [0.717, 1.165) is 18.8 Å². The Bertz CT molecular complexity index is 971. The van der Waals surface area contributed by atoms with Gasteiger partial charge in [-0.1, -0.05) is 86.8 Å². The van der Waals surface area contributed by atoms with Crippen LogP contribution in [0.3, 0.4) is 0 Å². The zero-order valence-electron chi connectivity index (χ0n) is 14.8. The Kier molecular flexibility index (Phi) is 4.56. The molecule has 25 heavy (non-hydrogen) atoms. The van der Waals surface area contributed by atoms with Crippen LogP contribution in [0.5, 0.6) is 5.75 Å². The SMILES string of the molecule is CCCCCCOc1cccc2c3ccccc3c3ccccc3c12. The third-order valence-corrected chi connectivity index (χ3v) is 4.99. The second-order valence-electron chi connectivity index (χ2n) is 6.68. The molecule has 0 aliphatic rings.